The van der Waals surface area contributed by atoms with Crippen LogP contribution in [0.25, 0.3) is 0 Å². The second kappa shape index (κ2) is 6.66. The fourth-order valence-corrected chi connectivity index (χ4v) is 2.27. The number of aliphatic carboxylic acids is 1. The summed E-state index contributed by atoms with van der Waals surface area (Å²) in [6.07, 6.45) is 0.609. The Balaban J connectivity index is 2.62. The second-order valence-corrected chi connectivity index (χ2v) is 4.85. The van der Waals surface area contributed by atoms with Gasteiger partial charge >= 0.3 is 5.97 Å². The van der Waals surface area contributed by atoms with Crippen molar-refractivity contribution in [2.75, 3.05) is 6.61 Å². The molecule has 0 radical (unpaired) electrons. The maximum absolute atomic E-state index is 13.1. The fraction of sp³-hybridized carbons (Fsp3) is 0.235. The molecule has 3 nitrogen and oxygen atoms in total. The number of rotatable bonds is 6. The predicted molar refractivity (Wildman–Crippen MR) is 77.5 cm³/mol. The highest BCUT2D eigenvalue weighted by atomic mass is 19.1. The first-order valence-electron chi connectivity index (χ1n) is 6.90. The van der Waals surface area contributed by atoms with Crippen molar-refractivity contribution < 1.29 is 23.4 Å². The van der Waals surface area contributed by atoms with Gasteiger partial charge in [0.1, 0.15) is 11.6 Å². The smallest absolute Gasteiger partial charge is 0.345 e. The number of hydrogen-bond donors (Lipinski definition) is 1. The van der Waals surface area contributed by atoms with E-state index in [9.17, 15) is 18.7 Å². The number of carboxylic acids is 1. The van der Waals surface area contributed by atoms with Crippen LogP contribution >= 0.6 is 0 Å². The Labute approximate surface area is 127 Å². The zero-order valence-electron chi connectivity index (χ0n) is 12.1. The first kappa shape index (κ1) is 16.1. The second-order valence-electron chi connectivity index (χ2n) is 4.85. The molecule has 0 saturated carbocycles. The number of carboxylic acid groups (broad SMARTS) is 1. The summed E-state index contributed by atoms with van der Waals surface area (Å²) in [7, 11) is 0. The van der Waals surface area contributed by atoms with E-state index >= 15 is 0 Å². The van der Waals surface area contributed by atoms with Crippen LogP contribution in [0.3, 0.4) is 0 Å². The maximum Gasteiger partial charge on any atom is 0.345 e. The van der Waals surface area contributed by atoms with Gasteiger partial charge in [-0.1, -0.05) is 31.2 Å². The SMILES string of the molecule is CCCOC(C(=O)O)(c1ccc(F)cc1)c1ccc(F)cc1. The highest BCUT2D eigenvalue weighted by molar-refractivity contribution is 5.84. The van der Waals surface area contributed by atoms with Crippen molar-refractivity contribution >= 4 is 5.97 Å². The molecule has 22 heavy (non-hydrogen) atoms. The van der Waals surface area contributed by atoms with Crippen molar-refractivity contribution in [3.63, 3.8) is 0 Å². The Morgan fingerprint density at radius 1 is 1.00 bits per heavy atom. The van der Waals surface area contributed by atoms with Crippen LogP contribution in [-0.2, 0) is 15.1 Å². The monoisotopic (exact) mass is 306 g/mol. The van der Waals surface area contributed by atoms with Gasteiger partial charge in [-0.2, -0.15) is 0 Å². The minimum absolute atomic E-state index is 0.195. The first-order chi connectivity index (χ1) is 10.5. The molecule has 0 unspecified atom stereocenters. The maximum atomic E-state index is 13.1. The molecule has 2 aromatic carbocycles. The van der Waals surface area contributed by atoms with Crippen molar-refractivity contribution in [2.45, 2.75) is 18.9 Å². The number of halogens is 2. The summed E-state index contributed by atoms with van der Waals surface area (Å²) >= 11 is 0. The Bertz CT molecular complexity index is 590. The average molecular weight is 306 g/mol. The van der Waals surface area contributed by atoms with Crippen LogP contribution in [0.2, 0.25) is 0 Å². The van der Waals surface area contributed by atoms with Gasteiger partial charge in [-0.15, -0.1) is 0 Å². The topological polar surface area (TPSA) is 46.5 Å². The fourth-order valence-electron chi connectivity index (χ4n) is 2.27. The minimum Gasteiger partial charge on any atom is -0.479 e. The van der Waals surface area contributed by atoms with E-state index < -0.39 is 23.2 Å². The molecule has 0 aliphatic heterocycles. The largest absolute Gasteiger partial charge is 0.479 e. The average Bonchev–Trinajstić information content (AvgIpc) is 2.50. The van der Waals surface area contributed by atoms with E-state index in [1.165, 1.54) is 48.5 Å². The van der Waals surface area contributed by atoms with E-state index in [0.717, 1.165) is 0 Å². The summed E-state index contributed by atoms with van der Waals surface area (Å²) < 4.78 is 31.9. The minimum atomic E-state index is -1.79. The van der Waals surface area contributed by atoms with Crippen molar-refractivity contribution in [3.05, 3.63) is 71.3 Å². The molecule has 0 aliphatic carbocycles. The Morgan fingerprint density at radius 3 is 1.73 bits per heavy atom. The molecule has 0 saturated heterocycles. The van der Waals surface area contributed by atoms with Crippen LogP contribution in [0.5, 0.6) is 0 Å². The summed E-state index contributed by atoms with van der Waals surface area (Å²) in [5, 5.41) is 9.78. The van der Waals surface area contributed by atoms with Gasteiger partial charge in [-0.25, -0.2) is 13.6 Å². The number of carbonyl (C=O) groups is 1. The van der Waals surface area contributed by atoms with Crippen molar-refractivity contribution in [2.24, 2.45) is 0 Å². The zero-order chi connectivity index (χ0) is 16.2. The third-order valence-electron chi connectivity index (χ3n) is 3.33. The first-order valence-corrected chi connectivity index (χ1v) is 6.90. The summed E-state index contributed by atoms with van der Waals surface area (Å²) in [5.41, 5.74) is -1.24. The molecule has 5 heteroatoms. The summed E-state index contributed by atoms with van der Waals surface area (Å²) in [5.74, 6) is -2.19. The molecule has 0 aliphatic rings. The van der Waals surface area contributed by atoms with E-state index in [1.807, 2.05) is 6.92 Å². The molecule has 0 spiro atoms. The molecule has 0 atom stereocenters. The summed E-state index contributed by atoms with van der Waals surface area (Å²) in [4.78, 5) is 12.0. The van der Waals surface area contributed by atoms with Crippen molar-refractivity contribution in [3.8, 4) is 0 Å². The van der Waals surface area contributed by atoms with E-state index in [1.54, 1.807) is 0 Å². The number of ether oxygens (including phenoxy) is 1. The summed E-state index contributed by atoms with van der Waals surface area (Å²) in [6, 6.07) is 10.1. The van der Waals surface area contributed by atoms with E-state index in [2.05, 4.69) is 0 Å². The zero-order valence-corrected chi connectivity index (χ0v) is 12.1. The van der Waals surface area contributed by atoms with Crippen molar-refractivity contribution in [1.82, 2.24) is 0 Å². The van der Waals surface area contributed by atoms with E-state index in [0.29, 0.717) is 6.42 Å². The van der Waals surface area contributed by atoms with Crippen LogP contribution < -0.4 is 0 Å². The lowest BCUT2D eigenvalue weighted by Crippen LogP contribution is -2.40. The molecular weight excluding hydrogens is 290 g/mol. The van der Waals surface area contributed by atoms with Gasteiger partial charge in [0.25, 0.3) is 0 Å². The van der Waals surface area contributed by atoms with Crippen LogP contribution in [0, 0.1) is 11.6 Å². The normalized spacial score (nSPS) is 11.4. The highest BCUT2D eigenvalue weighted by Crippen LogP contribution is 2.34. The van der Waals surface area contributed by atoms with Gasteiger partial charge in [0.15, 0.2) is 0 Å². The Morgan fingerprint density at radius 2 is 1.41 bits per heavy atom. The number of benzene rings is 2. The van der Waals surface area contributed by atoms with Crippen LogP contribution in [0.1, 0.15) is 24.5 Å². The molecule has 2 aromatic rings. The van der Waals surface area contributed by atoms with Gasteiger partial charge in [0, 0.05) is 6.61 Å². The third kappa shape index (κ3) is 2.99. The van der Waals surface area contributed by atoms with E-state index in [4.69, 9.17) is 4.74 Å². The van der Waals surface area contributed by atoms with E-state index in [-0.39, 0.29) is 17.7 Å². The van der Waals surface area contributed by atoms with Crippen LogP contribution in [0.15, 0.2) is 48.5 Å². The number of hydrogen-bond acceptors (Lipinski definition) is 2. The lowest BCUT2D eigenvalue weighted by molar-refractivity contribution is -0.161. The van der Waals surface area contributed by atoms with Gasteiger partial charge in [-0.3, -0.25) is 0 Å². The molecule has 0 fully saturated rings. The molecule has 0 aromatic heterocycles. The van der Waals surface area contributed by atoms with Crippen LogP contribution in [0.4, 0.5) is 8.78 Å². The molecule has 2 rings (SSSR count). The molecular formula is C17H16F2O3. The molecule has 0 bridgehead atoms. The third-order valence-corrected chi connectivity index (χ3v) is 3.33. The predicted octanol–water partition coefficient (Wildman–Crippen LogP) is 3.72. The molecule has 0 amide bonds. The molecule has 1 N–H and O–H groups in total. The van der Waals surface area contributed by atoms with Gasteiger partial charge < -0.3 is 9.84 Å². The quantitative estimate of drug-likeness (QED) is 0.884. The van der Waals surface area contributed by atoms with Gasteiger partial charge in [0.2, 0.25) is 5.60 Å². The molecule has 116 valence electrons. The Hall–Kier alpha value is -2.27. The van der Waals surface area contributed by atoms with Gasteiger partial charge in [-0.05, 0) is 41.8 Å². The standard InChI is InChI=1S/C17H16F2O3/c1-2-11-22-17(16(20)21,12-3-7-14(18)8-4-12)13-5-9-15(19)10-6-13/h3-10H,2,11H2,1H3,(H,20,21). The highest BCUT2D eigenvalue weighted by Gasteiger charge is 2.43. The molecule has 0 heterocycles. The summed E-state index contributed by atoms with van der Waals surface area (Å²) in [6.45, 7) is 2.04. The lowest BCUT2D eigenvalue weighted by Gasteiger charge is -2.30. The van der Waals surface area contributed by atoms with Gasteiger partial charge in [0.05, 0.1) is 0 Å². The Kier molecular flexibility index (Phi) is 4.88. The lowest BCUT2D eigenvalue weighted by atomic mass is 9.86. The van der Waals surface area contributed by atoms with Crippen molar-refractivity contribution in [1.29, 1.82) is 0 Å². The van der Waals surface area contributed by atoms with Crippen LogP contribution in [-0.4, -0.2) is 17.7 Å².